The minimum Gasteiger partial charge on any atom is -0.465 e. The van der Waals surface area contributed by atoms with Crippen molar-refractivity contribution >= 4 is 0 Å². The number of fused-ring (bicyclic) bond motifs is 1. The highest BCUT2D eigenvalue weighted by molar-refractivity contribution is 5.20. The molecule has 0 radical (unpaired) electrons. The van der Waals surface area contributed by atoms with Gasteiger partial charge < -0.3 is 10.2 Å². The number of rotatable bonds is 3. The summed E-state index contributed by atoms with van der Waals surface area (Å²) in [5, 5.41) is 0. The van der Waals surface area contributed by atoms with Crippen LogP contribution in [0.25, 0.3) is 0 Å². The van der Waals surface area contributed by atoms with Crippen molar-refractivity contribution in [1.82, 2.24) is 4.90 Å². The Morgan fingerprint density at radius 1 is 1.33 bits per heavy atom. The molecule has 2 atom stereocenters. The van der Waals surface area contributed by atoms with Crippen molar-refractivity contribution in [2.75, 3.05) is 6.54 Å². The quantitative estimate of drug-likeness (QED) is 0.894. The molecule has 0 aromatic carbocycles. The standard InChI is InChI=1S/C15H24N2O/c1-11-13(9-16)8-14(18-11)10-17-7-3-5-12-4-2-6-15(12)17/h8,12,15H,2-7,9-10,16H2,1H3. The highest BCUT2D eigenvalue weighted by Crippen LogP contribution is 2.37. The van der Waals surface area contributed by atoms with Crippen LogP contribution >= 0.6 is 0 Å². The first-order chi connectivity index (χ1) is 8.78. The predicted octanol–water partition coefficient (Wildman–Crippen LogP) is 2.81. The summed E-state index contributed by atoms with van der Waals surface area (Å²) in [4.78, 5) is 2.64. The van der Waals surface area contributed by atoms with Crippen LogP contribution in [0.5, 0.6) is 0 Å². The average Bonchev–Trinajstić information content (AvgIpc) is 2.96. The van der Waals surface area contributed by atoms with Crippen LogP contribution < -0.4 is 5.73 Å². The predicted molar refractivity (Wildman–Crippen MR) is 72.1 cm³/mol. The van der Waals surface area contributed by atoms with E-state index in [0.29, 0.717) is 6.54 Å². The lowest BCUT2D eigenvalue weighted by molar-refractivity contribution is 0.0976. The Balaban J connectivity index is 1.70. The van der Waals surface area contributed by atoms with E-state index in [-0.39, 0.29) is 0 Å². The number of nitrogens with zero attached hydrogens (tertiary/aromatic N) is 1. The summed E-state index contributed by atoms with van der Waals surface area (Å²) in [5.74, 6) is 3.04. The minimum absolute atomic E-state index is 0.585. The van der Waals surface area contributed by atoms with Crippen molar-refractivity contribution in [3.8, 4) is 0 Å². The van der Waals surface area contributed by atoms with Crippen LogP contribution in [0.15, 0.2) is 10.5 Å². The Labute approximate surface area is 109 Å². The number of likely N-dealkylation sites (tertiary alicyclic amines) is 1. The highest BCUT2D eigenvalue weighted by Gasteiger charge is 2.35. The van der Waals surface area contributed by atoms with Gasteiger partial charge in [0, 0.05) is 18.2 Å². The fourth-order valence-corrected chi connectivity index (χ4v) is 3.82. The van der Waals surface area contributed by atoms with Crippen molar-refractivity contribution in [3.63, 3.8) is 0 Å². The third-order valence-corrected chi connectivity index (χ3v) is 4.76. The first-order valence-electron chi connectivity index (χ1n) is 7.30. The summed E-state index contributed by atoms with van der Waals surface area (Å²) in [7, 11) is 0. The van der Waals surface area contributed by atoms with Crippen LogP contribution in [0.4, 0.5) is 0 Å². The monoisotopic (exact) mass is 248 g/mol. The molecule has 2 aliphatic rings. The molecule has 1 aliphatic heterocycles. The molecule has 3 rings (SSSR count). The fourth-order valence-electron chi connectivity index (χ4n) is 3.82. The van der Waals surface area contributed by atoms with E-state index in [1.807, 2.05) is 6.92 Å². The van der Waals surface area contributed by atoms with Crippen molar-refractivity contribution in [1.29, 1.82) is 0 Å². The van der Waals surface area contributed by atoms with Crippen LogP contribution in [-0.4, -0.2) is 17.5 Å². The summed E-state index contributed by atoms with van der Waals surface area (Å²) in [6.45, 7) is 4.81. The normalized spacial score (nSPS) is 28.6. The molecular weight excluding hydrogens is 224 g/mol. The van der Waals surface area contributed by atoms with E-state index in [2.05, 4.69) is 11.0 Å². The van der Waals surface area contributed by atoms with Gasteiger partial charge in [-0.2, -0.15) is 0 Å². The summed E-state index contributed by atoms with van der Waals surface area (Å²) >= 11 is 0. The molecule has 2 fully saturated rings. The maximum Gasteiger partial charge on any atom is 0.118 e. The van der Waals surface area contributed by atoms with Gasteiger partial charge in [0.25, 0.3) is 0 Å². The van der Waals surface area contributed by atoms with E-state index in [9.17, 15) is 0 Å². The van der Waals surface area contributed by atoms with Crippen LogP contribution in [0.2, 0.25) is 0 Å². The largest absolute Gasteiger partial charge is 0.465 e. The summed E-state index contributed by atoms with van der Waals surface area (Å²) < 4.78 is 5.84. The molecule has 2 unspecified atom stereocenters. The molecule has 2 N–H and O–H groups in total. The van der Waals surface area contributed by atoms with Crippen molar-refractivity contribution < 1.29 is 4.42 Å². The molecule has 3 heteroatoms. The topological polar surface area (TPSA) is 42.4 Å². The molecule has 100 valence electrons. The van der Waals surface area contributed by atoms with Crippen LogP contribution in [0.1, 0.15) is 49.2 Å². The van der Waals surface area contributed by atoms with Crippen molar-refractivity contribution in [2.24, 2.45) is 11.7 Å². The Bertz CT molecular complexity index is 413. The number of hydrogen-bond acceptors (Lipinski definition) is 3. The zero-order valence-corrected chi connectivity index (χ0v) is 11.3. The number of hydrogen-bond donors (Lipinski definition) is 1. The third kappa shape index (κ3) is 2.21. The number of nitrogens with two attached hydrogens (primary N) is 1. The zero-order chi connectivity index (χ0) is 12.5. The van der Waals surface area contributed by atoms with Gasteiger partial charge in [-0.1, -0.05) is 6.42 Å². The van der Waals surface area contributed by atoms with Gasteiger partial charge in [0.15, 0.2) is 0 Å². The number of piperidine rings is 1. The van der Waals surface area contributed by atoms with Gasteiger partial charge in [0.2, 0.25) is 0 Å². The van der Waals surface area contributed by atoms with Crippen molar-refractivity contribution in [3.05, 3.63) is 23.2 Å². The second-order valence-electron chi connectivity index (χ2n) is 5.87. The minimum atomic E-state index is 0.585. The molecule has 3 nitrogen and oxygen atoms in total. The maximum absolute atomic E-state index is 5.84. The SMILES string of the molecule is Cc1oc(CN2CCCC3CCCC32)cc1CN. The van der Waals surface area contributed by atoms with E-state index in [4.69, 9.17) is 10.2 Å². The first kappa shape index (κ1) is 12.2. The van der Waals surface area contributed by atoms with Gasteiger partial charge in [-0.05, 0) is 51.1 Å². The van der Waals surface area contributed by atoms with Gasteiger partial charge in [0.05, 0.1) is 6.54 Å². The number of aryl methyl sites for hydroxylation is 1. The van der Waals surface area contributed by atoms with Crippen LogP contribution in [0.3, 0.4) is 0 Å². The van der Waals surface area contributed by atoms with Gasteiger partial charge in [-0.15, -0.1) is 0 Å². The Morgan fingerprint density at radius 2 is 2.17 bits per heavy atom. The second-order valence-corrected chi connectivity index (χ2v) is 5.87. The highest BCUT2D eigenvalue weighted by atomic mass is 16.3. The molecule has 2 heterocycles. The second kappa shape index (κ2) is 5.06. The lowest BCUT2D eigenvalue weighted by atomic mass is 9.92. The van der Waals surface area contributed by atoms with E-state index < -0.39 is 0 Å². The third-order valence-electron chi connectivity index (χ3n) is 4.76. The lowest BCUT2D eigenvalue weighted by Gasteiger charge is -2.37. The van der Waals surface area contributed by atoms with E-state index >= 15 is 0 Å². The smallest absolute Gasteiger partial charge is 0.118 e. The summed E-state index contributed by atoms with van der Waals surface area (Å²) in [6.07, 6.45) is 7.02. The molecule has 0 amide bonds. The fraction of sp³-hybridized carbons (Fsp3) is 0.733. The molecule has 18 heavy (non-hydrogen) atoms. The van der Waals surface area contributed by atoms with E-state index in [1.54, 1.807) is 0 Å². The summed E-state index contributed by atoms with van der Waals surface area (Å²) in [6, 6.07) is 2.96. The molecule has 1 aromatic rings. The molecule has 1 saturated carbocycles. The maximum atomic E-state index is 5.84. The van der Waals surface area contributed by atoms with Gasteiger partial charge >= 0.3 is 0 Å². The zero-order valence-electron chi connectivity index (χ0n) is 11.3. The Morgan fingerprint density at radius 3 is 2.94 bits per heavy atom. The van der Waals surface area contributed by atoms with E-state index in [0.717, 1.165) is 35.6 Å². The lowest BCUT2D eigenvalue weighted by Crippen LogP contribution is -2.41. The van der Waals surface area contributed by atoms with Crippen molar-refractivity contribution in [2.45, 2.75) is 58.2 Å². The Hall–Kier alpha value is -0.800. The average molecular weight is 248 g/mol. The van der Waals surface area contributed by atoms with Crippen LogP contribution in [0, 0.1) is 12.8 Å². The Kier molecular flexibility index (Phi) is 3.44. The molecule has 1 aromatic heterocycles. The molecule has 0 spiro atoms. The van der Waals surface area contributed by atoms with Gasteiger partial charge in [-0.3, -0.25) is 4.90 Å². The molecule has 1 saturated heterocycles. The first-order valence-corrected chi connectivity index (χ1v) is 7.30. The molecule has 0 bridgehead atoms. The molecular formula is C15H24N2O. The van der Waals surface area contributed by atoms with Crippen LogP contribution in [-0.2, 0) is 13.1 Å². The van der Waals surface area contributed by atoms with E-state index in [1.165, 1.54) is 38.6 Å². The molecule has 1 aliphatic carbocycles. The van der Waals surface area contributed by atoms with Gasteiger partial charge in [0.1, 0.15) is 11.5 Å². The number of furan rings is 1. The summed E-state index contributed by atoms with van der Waals surface area (Å²) in [5.41, 5.74) is 6.87. The van der Waals surface area contributed by atoms with Gasteiger partial charge in [-0.25, -0.2) is 0 Å².